The van der Waals surface area contributed by atoms with E-state index in [1.54, 1.807) is 11.4 Å². The molecule has 0 heterocycles. The van der Waals surface area contributed by atoms with Crippen LogP contribution in [0.2, 0.25) is 11.1 Å². The van der Waals surface area contributed by atoms with E-state index in [4.69, 9.17) is 23.4 Å². The third-order valence-electron chi connectivity index (χ3n) is 1.39. The number of rotatable bonds is 5. The smallest absolute Gasteiger partial charge is 0.0843 e. The summed E-state index contributed by atoms with van der Waals surface area (Å²) in [5.74, 6) is 1.22. The van der Waals surface area contributed by atoms with Crippen LogP contribution in [-0.4, -0.2) is 16.0 Å². The molecule has 0 saturated heterocycles. The third-order valence-corrected chi connectivity index (χ3v) is 9.80. The van der Waals surface area contributed by atoms with Gasteiger partial charge in [-0.1, -0.05) is 17.6 Å². The second kappa shape index (κ2) is 7.26. The first-order valence-corrected chi connectivity index (χ1v) is 11.4. The molecule has 0 N–H and O–H groups in total. The van der Waals surface area contributed by atoms with Crippen LogP contribution in [0.25, 0.3) is 0 Å². The van der Waals surface area contributed by atoms with Gasteiger partial charge in [0.05, 0.1) is 4.90 Å². The number of hydrogen-bond donors (Lipinski definition) is 0. The summed E-state index contributed by atoms with van der Waals surface area (Å²) in [6.07, 6.45) is 0. The maximum atomic E-state index is 5.80. The normalized spacial score (nSPS) is 11.6. The molecule has 1 atom stereocenters. The molecule has 1 unspecified atom stereocenters. The average molecular weight is 298 g/mol. The minimum absolute atomic E-state index is 0.377. The van der Waals surface area contributed by atoms with E-state index < -0.39 is 0 Å². The van der Waals surface area contributed by atoms with Crippen LogP contribution in [0.4, 0.5) is 0 Å². The van der Waals surface area contributed by atoms with Crippen LogP contribution in [0.1, 0.15) is 0 Å². The van der Waals surface area contributed by atoms with E-state index in [2.05, 4.69) is 0 Å². The Bertz CT molecular complexity index is 304. The number of benzene rings is 1. The Kier molecular flexibility index (Phi) is 6.75. The van der Waals surface area contributed by atoms with Gasteiger partial charge in [-0.05, 0) is 24.3 Å². The molecule has 0 aliphatic rings. The molecule has 6 heteroatoms. The van der Waals surface area contributed by atoms with E-state index in [1.807, 2.05) is 35.6 Å². The lowest BCUT2D eigenvalue weighted by molar-refractivity contribution is 1.48. The first kappa shape index (κ1) is 13.0. The fourth-order valence-electron chi connectivity index (χ4n) is 0.774. The quantitative estimate of drug-likeness (QED) is 0.600. The Hall–Kier alpha value is 0.947. The molecular weight excluding hydrogens is 287 g/mol. The molecule has 1 aromatic rings. The van der Waals surface area contributed by atoms with E-state index in [9.17, 15) is 0 Å². The lowest BCUT2D eigenvalue weighted by Gasteiger charge is -1.92. The summed E-state index contributed by atoms with van der Waals surface area (Å²) >= 11 is 14.9. The van der Waals surface area contributed by atoms with E-state index in [0.29, 0.717) is 0 Å². The standard InChI is InChI=1S/C8H11ClPS3Si/c9-7-1-3-8(4-2-7)13-10(11)12-5-6-14/h1-4H,5-6H2,14H3/q+1. The fraction of sp³-hybridized carbons (Fsp3) is 0.250. The van der Waals surface area contributed by atoms with Crippen molar-refractivity contribution in [2.24, 2.45) is 0 Å². The number of halogens is 1. The molecular formula is C8H11ClPS3Si+. The summed E-state index contributed by atoms with van der Waals surface area (Å²) in [6, 6.07) is 9.24. The summed E-state index contributed by atoms with van der Waals surface area (Å²) in [5.41, 5.74) is 0. The Morgan fingerprint density at radius 1 is 1.36 bits per heavy atom. The minimum Gasteiger partial charge on any atom is -0.0843 e. The van der Waals surface area contributed by atoms with Crippen molar-refractivity contribution < 1.29 is 0 Å². The number of hydrogen-bond acceptors (Lipinski definition) is 3. The van der Waals surface area contributed by atoms with Gasteiger partial charge in [0, 0.05) is 21.0 Å². The van der Waals surface area contributed by atoms with Crippen molar-refractivity contribution in [3.8, 4) is 0 Å². The Balaban J connectivity index is 2.44. The van der Waals surface area contributed by atoms with Gasteiger partial charge >= 0.3 is 5.10 Å². The first-order valence-electron chi connectivity index (χ1n) is 4.26. The zero-order chi connectivity index (χ0) is 10.4. The predicted molar refractivity (Wildman–Crippen MR) is 78.8 cm³/mol. The average Bonchev–Trinajstić information content (AvgIpc) is 2.18. The zero-order valence-corrected chi connectivity index (χ0v) is 13.9. The van der Waals surface area contributed by atoms with E-state index in [1.165, 1.54) is 26.9 Å². The summed E-state index contributed by atoms with van der Waals surface area (Å²) in [6.45, 7) is 0. The maximum Gasteiger partial charge on any atom is 0.322 e. The molecule has 1 rings (SSSR count). The summed E-state index contributed by atoms with van der Waals surface area (Å²) in [7, 11) is 1.28. The van der Waals surface area contributed by atoms with E-state index >= 15 is 0 Å². The van der Waals surface area contributed by atoms with Crippen molar-refractivity contribution in [1.82, 2.24) is 0 Å². The molecule has 0 bridgehead atoms. The zero-order valence-electron chi connectivity index (χ0n) is 7.77. The van der Waals surface area contributed by atoms with Crippen molar-refractivity contribution >= 4 is 61.5 Å². The van der Waals surface area contributed by atoms with Gasteiger partial charge in [0.25, 0.3) is 0 Å². The van der Waals surface area contributed by atoms with Crippen molar-refractivity contribution in [1.29, 1.82) is 0 Å². The van der Waals surface area contributed by atoms with Crippen LogP contribution in [-0.2, 0) is 11.8 Å². The van der Waals surface area contributed by atoms with Crippen molar-refractivity contribution in [2.75, 3.05) is 5.75 Å². The van der Waals surface area contributed by atoms with Gasteiger partial charge in [0.2, 0.25) is 0 Å². The van der Waals surface area contributed by atoms with Gasteiger partial charge in [-0.3, -0.25) is 0 Å². The van der Waals surface area contributed by atoms with Gasteiger partial charge in [0.1, 0.15) is 22.8 Å². The van der Waals surface area contributed by atoms with Crippen LogP contribution in [0.15, 0.2) is 29.2 Å². The summed E-state index contributed by atoms with van der Waals surface area (Å²) in [4.78, 5) is 1.23. The molecule has 0 amide bonds. The van der Waals surface area contributed by atoms with Gasteiger partial charge in [-0.15, -0.1) is 0 Å². The van der Waals surface area contributed by atoms with Crippen LogP contribution in [0.3, 0.4) is 0 Å². The van der Waals surface area contributed by atoms with Crippen molar-refractivity contribution in [3.63, 3.8) is 0 Å². The molecule has 0 fully saturated rings. The predicted octanol–water partition coefficient (Wildman–Crippen LogP) is 3.72. The minimum atomic E-state index is -0.377. The van der Waals surface area contributed by atoms with Gasteiger partial charge < -0.3 is 0 Å². The Labute approximate surface area is 107 Å². The highest BCUT2D eigenvalue weighted by Gasteiger charge is 2.14. The second-order valence-corrected chi connectivity index (χ2v) is 12.5. The van der Waals surface area contributed by atoms with Gasteiger partial charge in [-0.2, -0.15) is 0 Å². The van der Waals surface area contributed by atoms with Crippen LogP contribution in [0.5, 0.6) is 0 Å². The SMILES string of the molecule is [SiH3]CCS[P+](=S)Sc1ccc(Cl)cc1. The van der Waals surface area contributed by atoms with Gasteiger partial charge in [0.15, 0.2) is 11.8 Å². The Morgan fingerprint density at radius 2 is 2.00 bits per heavy atom. The molecule has 0 nitrogen and oxygen atoms in total. The monoisotopic (exact) mass is 297 g/mol. The van der Waals surface area contributed by atoms with E-state index in [-0.39, 0.29) is 5.10 Å². The molecule has 0 aliphatic carbocycles. The lowest BCUT2D eigenvalue weighted by atomic mass is 10.4. The van der Waals surface area contributed by atoms with Crippen LogP contribution in [0, 0.1) is 0 Å². The van der Waals surface area contributed by atoms with Crippen molar-refractivity contribution in [2.45, 2.75) is 10.9 Å². The highest BCUT2D eigenvalue weighted by molar-refractivity contribution is 8.94. The molecule has 76 valence electrons. The van der Waals surface area contributed by atoms with Crippen molar-refractivity contribution in [3.05, 3.63) is 29.3 Å². The molecule has 0 radical (unpaired) electrons. The highest BCUT2D eigenvalue weighted by atomic mass is 35.5. The molecule has 14 heavy (non-hydrogen) atoms. The molecule has 1 aromatic carbocycles. The summed E-state index contributed by atoms with van der Waals surface area (Å²) in [5, 5.41) is 0.411. The molecule has 0 aromatic heterocycles. The second-order valence-electron chi connectivity index (χ2n) is 2.60. The van der Waals surface area contributed by atoms with Crippen LogP contribution < -0.4 is 0 Å². The Morgan fingerprint density at radius 3 is 2.57 bits per heavy atom. The topological polar surface area (TPSA) is 0 Å². The van der Waals surface area contributed by atoms with E-state index in [0.717, 1.165) is 5.02 Å². The van der Waals surface area contributed by atoms with Gasteiger partial charge in [-0.25, -0.2) is 0 Å². The largest absolute Gasteiger partial charge is 0.322 e. The third kappa shape index (κ3) is 5.15. The van der Waals surface area contributed by atoms with Crippen LogP contribution >= 0.6 is 39.5 Å². The molecule has 0 aliphatic heterocycles. The maximum absolute atomic E-state index is 5.80. The summed E-state index contributed by atoms with van der Waals surface area (Å²) < 4.78 is 0. The highest BCUT2D eigenvalue weighted by Crippen LogP contribution is 2.54. The lowest BCUT2D eigenvalue weighted by Crippen LogP contribution is -1.70. The molecule has 0 saturated carbocycles. The molecule has 0 spiro atoms. The fourth-order valence-corrected chi connectivity index (χ4v) is 8.76. The first-order chi connectivity index (χ1) is 6.72.